The van der Waals surface area contributed by atoms with Crippen LogP contribution >= 0.6 is 0 Å². The zero-order valence-electron chi connectivity index (χ0n) is 15.5. The third kappa shape index (κ3) is 2.29. The summed E-state index contributed by atoms with van der Waals surface area (Å²) in [4.78, 5) is 13.2. The van der Waals surface area contributed by atoms with Crippen LogP contribution in [0.2, 0.25) is 0 Å². The predicted octanol–water partition coefficient (Wildman–Crippen LogP) is 5.06. The van der Waals surface area contributed by atoms with Crippen molar-refractivity contribution < 1.29 is 13.9 Å². The molecule has 0 saturated heterocycles. The summed E-state index contributed by atoms with van der Waals surface area (Å²) in [7, 11) is 1.43. The van der Waals surface area contributed by atoms with Crippen LogP contribution in [0, 0.1) is 11.2 Å². The first-order valence-electron chi connectivity index (χ1n) is 9.40. The molecule has 0 saturated carbocycles. The third-order valence-electron chi connectivity index (χ3n) is 5.98. The van der Waals surface area contributed by atoms with Gasteiger partial charge in [0.15, 0.2) is 0 Å². The zero-order valence-corrected chi connectivity index (χ0v) is 15.5. The molecule has 0 heterocycles. The molecule has 2 nitrogen and oxygen atoms in total. The summed E-state index contributed by atoms with van der Waals surface area (Å²) >= 11 is 0. The lowest BCUT2D eigenvalue weighted by Gasteiger charge is -2.36. The minimum absolute atomic E-state index is 0.262. The number of esters is 1. The number of benzene rings is 3. The molecular formula is C25H19FO2. The Morgan fingerprint density at radius 2 is 1.57 bits per heavy atom. The van der Waals surface area contributed by atoms with Gasteiger partial charge in [-0.3, -0.25) is 4.79 Å². The average molecular weight is 370 g/mol. The van der Waals surface area contributed by atoms with Crippen molar-refractivity contribution in [1.29, 1.82) is 0 Å². The minimum atomic E-state index is -0.829. The van der Waals surface area contributed by atoms with Gasteiger partial charge >= 0.3 is 5.97 Å². The van der Waals surface area contributed by atoms with Gasteiger partial charge in [0.25, 0.3) is 0 Å². The van der Waals surface area contributed by atoms with E-state index in [1.54, 1.807) is 12.1 Å². The summed E-state index contributed by atoms with van der Waals surface area (Å²) in [6, 6.07) is 23.0. The molecule has 0 aromatic heterocycles. The van der Waals surface area contributed by atoms with Crippen LogP contribution < -0.4 is 0 Å². The molecule has 0 aliphatic heterocycles. The molecule has 0 spiro atoms. The van der Waals surface area contributed by atoms with Crippen molar-refractivity contribution in [3.8, 4) is 0 Å². The van der Waals surface area contributed by atoms with E-state index in [2.05, 4.69) is 12.1 Å². The first-order valence-corrected chi connectivity index (χ1v) is 9.40. The van der Waals surface area contributed by atoms with Crippen molar-refractivity contribution in [2.24, 2.45) is 5.41 Å². The molecule has 138 valence electrons. The van der Waals surface area contributed by atoms with Crippen molar-refractivity contribution in [3.63, 3.8) is 0 Å². The molecule has 2 aliphatic rings. The second kappa shape index (κ2) is 6.16. The number of fused-ring (bicyclic) bond motifs is 4. The van der Waals surface area contributed by atoms with Gasteiger partial charge in [-0.2, -0.15) is 0 Å². The first kappa shape index (κ1) is 16.9. The molecule has 0 bridgehead atoms. The van der Waals surface area contributed by atoms with E-state index in [0.717, 1.165) is 39.0 Å². The van der Waals surface area contributed by atoms with E-state index in [-0.39, 0.29) is 11.8 Å². The predicted molar refractivity (Wildman–Crippen MR) is 107 cm³/mol. The molecule has 0 amide bonds. The van der Waals surface area contributed by atoms with Crippen molar-refractivity contribution in [3.05, 3.63) is 106 Å². The molecule has 1 atom stereocenters. The van der Waals surface area contributed by atoms with Gasteiger partial charge in [0.05, 0.1) is 7.11 Å². The lowest BCUT2D eigenvalue weighted by molar-refractivity contribution is -0.148. The van der Waals surface area contributed by atoms with Crippen molar-refractivity contribution >= 4 is 17.1 Å². The molecule has 0 radical (unpaired) electrons. The number of hydrogen-bond donors (Lipinski definition) is 0. The van der Waals surface area contributed by atoms with Crippen LogP contribution in [0.4, 0.5) is 4.39 Å². The van der Waals surface area contributed by atoms with Gasteiger partial charge in [-0.15, -0.1) is 0 Å². The summed E-state index contributed by atoms with van der Waals surface area (Å²) < 4.78 is 19.5. The van der Waals surface area contributed by atoms with Crippen molar-refractivity contribution in [2.75, 3.05) is 7.11 Å². The molecule has 5 rings (SSSR count). The molecule has 28 heavy (non-hydrogen) atoms. The van der Waals surface area contributed by atoms with Crippen LogP contribution in [0.5, 0.6) is 0 Å². The number of methoxy groups -OCH3 is 1. The molecule has 1 unspecified atom stereocenters. The van der Waals surface area contributed by atoms with Crippen molar-refractivity contribution in [1.82, 2.24) is 0 Å². The minimum Gasteiger partial charge on any atom is -0.468 e. The van der Waals surface area contributed by atoms with Gasteiger partial charge in [-0.25, -0.2) is 4.39 Å². The van der Waals surface area contributed by atoms with E-state index in [4.69, 9.17) is 4.74 Å². The van der Waals surface area contributed by atoms with E-state index >= 15 is 0 Å². The average Bonchev–Trinajstić information content (AvgIpc) is 3.06. The standard InChI is InChI=1S/C25H19FO2/c1-28-24(27)25-14-17-9-5-6-10-20(17)22(16-7-3-2-4-8-16)23(25)21-13-19(26)12-11-18(21)15-25/h2-13H,14-15H2,1H3. The monoisotopic (exact) mass is 370 g/mol. The maximum Gasteiger partial charge on any atom is 0.317 e. The summed E-state index contributed by atoms with van der Waals surface area (Å²) in [5, 5.41) is 0. The molecule has 3 heteroatoms. The Morgan fingerprint density at radius 1 is 0.893 bits per heavy atom. The van der Waals surface area contributed by atoms with Crippen molar-refractivity contribution in [2.45, 2.75) is 12.8 Å². The Kier molecular flexibility index (Phi) is 3.73. The maximum absolute atomic E-state index is 14.2. The highest BCUT2D eigenvalue weighted by Gasteiger charge is 2.52. The van der Waals surface area contributed by atoms with Gasteiger partial charge in [-0.1, -0.05) is 60.7 Å². The summed E-state index contributed by atoms with van der Waals surface area (Å²) in [5.74, 6) is -0.555. The van der Waals surface area contributed by atoms with Crippen LogP contribution in [0.15, 0.2) is 72.8 Å². The Labute approximate surface area is 163 Å². The zero-order chi connectivity index (χ0) is 19.3. The van der Waals surface area contributed by atoms with Gasteiger partial charge in [-0.05, 0) is 63.9 Å². The van der Waals surface area contributed by atoms with E-state index in [1.807, 2.05) is 42.5 Å². The summed E-state index contributed by atoms with van der Waals surface area (Å²) in [6.07, 6.45) is 1.08. The topological polar surface area (TPSA) is 26.3 Å². The fraction of sp³-hybridized carbons (Fsp3) is 0.160. The van der Waals surface area contributed by atoms with E-state index in [0.29, 0.717) is 12.8 Å². The Morgan fingerprint density at radius 3 is 2.32 bits per heavy atom. The maximum atomic E-state index is 14.2. The Balaban J connectivity index is 1.93. The van der Waals surface area contributed by atoms with E-state index in [1.165, 1.54) is 13.2 Å². The van der Waals surface area contributed by atoms with E-state index < -0.39 is 5.41 Å². The number of carbonyl (C=O) groups is 1. The van der Waals surface area contributed by atoms with Crippen LogP contribution in [0.1, 0.15) is 27.8 Å². The highest BCUT2D eigenvalue weighted by Crippen LogP contribution is 2.57. The number of hydrogen-bond acceptors (Lipinski definition) is 2. The second-order valence-corrected chi connectivity index (χ2v) is 7.50. The normalized spacial score (nSPS) is 19.6. The molecule has 3 aromatic rings. The van der Waals surface area contributed by atoms with Crippen LogP contribution in [-0.4, -0.2) is 13.1 Å². The fourth-order valence-corrected chi connectivity index (χ4v) is 4.86. The lowest BCUT2D eigenvalue weighted by atomic mass is 9.66. The molecule has 2 aliphatic carbocycles. The van der Waals surface area contributed by atoms with Gasteiger partial charge in [0.1, 0.15) is 11.2 Å². The van der Waals surface area contributed by atoms with Gasteiger partial charge < -0.3 is 4.74 Å². The lowest BCUT2D eigenvalue weighted by Crippen LogP contribution is -2.37. The highest BCUT2D eigenvalue weighted by molar-refractivity contribution is 6.12. The van der Waals surface area contributed by atoms with Gasteiger partial charge in [0.2, 0.25) is 0 Å². The first-order chi connectivity index (χ1) is 13.6. The van der Waals surface area contributed by atoms with Gasteiger partial charge in [0, 0.05) is 0 Å². The summed E-state index contributed by atoms with van der Waals surface area (Å²) in [5.41, 5.74) is 6.10. The van der Waals surface area contributed by atoms with E-state index in [9.17, 15) is 9.18 Å². The molecule has 3 aromatic carbocycles. The quantitative estimate of drug-likeness (QED) is 0.590. The third-order valence-corrected chi connectivity index (χ3v) is 5.98. The fourth-order valence-electron chi connectivity index (χ4n) is 4.86. The molecular weight excluding hydrogens is 351 g/mol. The van der Waals surface area contributed by atoms with Crippen LogP contribution in [0.25, 0.3) is 11.1 Å². The molecule has 0 N–H and O–H groups in total. The Bertz CT molecular complexity index is 1130. The number of carbonyl (C=O) groups excluding carboxylic acids is 1. The summed E-state index contributed by atoms with van der Waals surface area (Å²) in [6.45, 7) is 0. The second-order valence-electron chi connectivity index (χ2n) is 7.50. The smallest absolute Gasteiger partial charge is 0.317 e. The van der Waals surface area contributed by atoms with Crippen LogP contribution in [0.3, 0.4) is 0 Å². The SMILES string of the molecule is COC(=O)C12Cc3ccccc3C(c3ccccc3)=C1c1cc(F)ccc1C2. The number of rotatable bonds is 2. The number of ether oxygens (including phenoxy) is 1. The number of halogens is 1. The highest BCUT2D eigenvalue weighted by atomic mass is 19.1. The van der Waals surface area contributed by atoms with Crippen LogP contribution in [-0.2, 0) is 22.4 Å². The molecule has 0 fully saturated rings. The largest absolute Gasteiger partial charge is 0.468 e. The Hall–Kier alpha value is -3.20.